The predicted octanol–water partition coefficient (Wildman–Crippen LogP) is 4.63. The number of amides is 2. The van der Waals surface area contributed by atoms with Crippen molar-refractivity contribution in [3.63, 3.8) is 0 Å². The lowest BCUT2D eigenvalue weighted by atomic mass is 9.99. The second kappa shape index (κ2) is 9.07. The van der Waals surface area contributed by atoms with E-state index in [2.05, 4.69) is 10.3 Å². The number of carbonyl (C=O) groups is 2. The van der Waals surface area contributed by atoms with Gasteiger partial charge < -0.3 is 14.9 Å². The van der Waals surface area contributed by atoms with E-state index in [1.54, 1.807) is 18.8 Å². The van der Waals surface area contributed by atoms with Gasteiger partial charge in [-0.2, -0.15) is 0 Å². The van der Waals surface area contributed by atoms with Gasteiger partial charge in [-0.15, -0.1) is 11.3 Å². The van der Waals surface area contributed by atoms with Gasteiger partial charge in [0.15, 0.2) is 5.13 Å². The Hall–Kier alpha value is -3.91. The molecule has 2 heterocycles. The van der Waals surface area contributed by atoms with E-state index in [1.807, 2.05) is 49.4 Å². The highest BCUT2D eigenvalue weighted by molar-refractivity contribution is 7.14. The molecule has 0 aliphatic rings. The van der Waals surface area contributed by atoms with Crippen molar-refractivity contribution >= 4 is 44.8 Å². The average molecular weight is 448 g/mol. The largest absolute Gasteiger partial charge is 0.496 e. The van der Waals surface area contributed by atoms with Gasteiger partial charge in [-0.3, -0.25) is 14.9 Å². The van der Waals surface area contributed by atoms with Gasteiger partial charge in [0.1, 0.15) is 11.3 Å². The quantitative estimate of drug-likeness (QED) is 0.402. The third kappa shape index (κ3) is 4.55. The van der Waals surface area contributed by atoms with Gasteiger partial charge in [0, 0.05) is 34.0 Å². The third-order valence-corrected chi connectivity index (χ3v) is 5.70. The number of anilines is 1. The van der Waals surface area contributed by atoms with E-state index in [0.717, 1.165) is 27.6 Å². The molecule has 0 atom stereocenters. The maximum absolute atomic E-state index is 12.6. The summed E-state index contributed by atoms with van der Waals surface area (Å²) in [6.07, 6.45) is 3.25. The lowest BCUT2D eigenvalue weighted by molar-refractivity contribution is -0.117. The van der Waals surface area contributed by atoms with Crippen LogP contribution in [0.5, 0.6) is 5.75 Å². The molecule has 7 nitrogen and oxygen atoms in total. The molecule has 8 heteroatoms. The number of allylic oxidation sites excluding steroid dienone is 1. The molecule has 0 radical (unpaired) electrons. The first-order chi connectivity index (χ1) is 15.4. The standard InChI is InChI=1S/C24H21N3O4S/c1-14(8-23(29)27-24-26-16(13-32-24)9-22(25)28)17-10-18-19(15-6-4-3-5-7-15)12-31-21(18)11-20(17)30-2/h3-8,10-13H,9H2,1-2H3,(H2,25,28)(H,26,27,29)/b14-8+. The van der Waals surface area contributed by atoms with Gasteiger partial charge in [-0.1, -0.05) is 30.3 Å². The SMILES string of the molecule is COc1cc2occ(-c3ccccc3)c2cc1/C(C)=C/C(=O)Nc1nc(CC(N)=O)cs1. The van der Waals surface area contributed by atoms with Crippen LogP contribution in [0.15, 0.2) is 64.6 Å². The van der Waals surface area contributed by atoms with Gasteiger partial charge in [0.05, 0.1) is 25.5 Å². The number of primary amides is 1. The Morgan fingerprint density at radius 3 is 2.75 bits per heavy atom. The van der Waals surface area contributed by atoms with Crippen molar-refractivity contribution in [2.45, 2.75) is 13.3 Å². The van der Waals surface area contributed by atoms with Gasteiger partial charge in [-0.05, 0) is 24.1 Å². The van der Waals surface area contributed by atoms with Crippen LogP contribution in [0.3, 0.4) is 0 Å². The molecule has 32 heavy (non-hydrogen) atoms. The van der Waals surface area contributed by atoms with Crippen LogP contribution in [0.25, 0.3) is 27.7 Å². The van der Waals surface area contributed by atoms with Crippen LogP contribution in [-0.2, 0) is 16.0 Å². The minimum Gasteiger partial charge on any atom is -0.496 e. The van der Waals surface area contributed by atoms with Crippen LogP contribution in [0.4, 0.5) is 5.13 Å². The highest BCUT2D eigenvalue weighted by Gasteiger charge is 2.15. The molecule has 3 N–H and O–H groups in total. The summed E-state index contributed by atoms with van der Waals surface area (Å²) in [7, 11) is 1.58. The summed E-state index contributed by atoms with van der Waals surface area (Å²) in [5.74, 6) is -0.202. The minimum absolute atomic E-state index is 0.0346. The van der Waals surface area contributed by atoms with Gasteiger partial charge in [-0.25, -0.2) is 4.98 Å². The second-order valence-electron chi connectivity index (χ2n) is 7.17. The molecule has 4 aromatic rings. The van der Waals surface area contributed by atoms with E-state index in [9.17, 15) is 9.59 Å². The summed E-state index contributed by atoms with van der Waals surface area (Å²) in [5, 5.41) is 5.74. The first kappa shape index (κ1) is 21.3. The second-order valence-corrected chi connectivity index (χ2v) is 8.03. The highest BCUT2D eigenvalue weighted by atomic mass is 32.1. The molecule has 162 valence electrons. The van der Waals surface area contributed by atoms with Crippen molar-refractivity contribution in [1.82, 2.24) is 4.98 Å². The summed E-state index contributed by atoms with van der Waals surface area (Å²) in [4.78, 5) is 27.8. The number of methoxy groups -OCH3 is 1. The van der Waals surface area contributed by atoms with Crippen molar-refractivity contribution < 1.29 is 18.7 Å². The Balaban J connectivity index is 1.63. The van der Waals surface area contributed by atoms with Crippen molar-refractivity contribution in [3.05, 3.63) is 71.4 Å². The zero-order chi connectivity index (χ0) is 22.7. The number of rotatable bonds is 7. The van der Waals surface area contributed by atoms with Gasteiger partial charge in [0.2, 0.25) is 11.8 Å². The Kier molecular flexibility index (Phi) is 6.04. The lowest BCUT2D eigenvalue weighted by Gasteiger charge is -2.10. The van der Waals surface area contributed by atoms with Crippen molar-refractivity contribution in [2.75, 3.05) is 12.4 Å². The number of thiazole rings is 1. The van der Waals surface area contributed by atoms with E-state index in [4.69, 9.17) is 14.9 Å². The fraction of sp³-hybridized carbons (Fsp3) is 0.125. The maximum Gasteiger partial charge on any atom is 0.250 e. The zero-order valence-corrected chi connectivity index (χ0v) is 18.4. The number of nitrogens with two attached hydrogens (primary N) is 1. The molecule has 0 saturated carbocycles. The number of fused-ring (bicyclic) bond motifs is 1. The third-order valence-electron chi connectivity index (χ3n) is 4.89. The molecule has 0 aliphatic heterocycles. The van der Waals surface area contributed by atoms with E-state index < -0.39 is 5.91 Å². The number of benzene rings is 2. The van der Waals surface area contributed by atoms with E-state index in [1.165, 1.54) is 17.4 Å². The van der Waals surface area contributed by atoms with Crippen LogP contribution in [0, 0.1) is 0 Å². The van der Waals surface area contributed by atoms with Crippen LogP contribution < -0.4 is 15.8 Å². The number of hydrogen-bond donors (Lipinski definition) is 2. The normalized spacial score (nSPS) is 11.5. The lowest BCUT2D eigenvalue weighted by Crippen LogP contribution is -2.14. The number of hydrogen-bond acceptors (Lipinski definition) is 6. The average Bonchev–Trinajstić information content (AvgIpc) is 3.38. The van der Waals surface area contributed by atoms with Crippen LogP contribution in [0.2, 0.25) is 0 Å². The molecular weight excluding hydrogens is 426 g/mol. The first-order valence-electron chi connectivity index (χ1n) is 9.81. The van der Waals surface area contributed by atoms with Crippen LogP contribution in [-0.4, -0.2) is 23.9 Å². The molecule has 0 fully saturated rings. The first-order valence-corrected chi connectivity index (χ1v) is 10.7. The smallest absolute Gasteiger partial charge is 0.250 e. The molecule has 0 aliphatic carbocycles. The van der Waals surface area contributed by atoms with Crippen molar-refractivity contribution in [3.8, 4) is 16.9 Å². The number of furan rings is 1. The number of nitrogens with one attached hydrogen (secondary N) is 1. The summed E-state index contributed by atoms with van der Waals surface area (Å²) in [6.45, 7) is 1.84. The van der Waals surface area contributed by atoms with Crippen LogP contribution in [0.1, 0.15) is 18.2 Å². The molecule has 0 bridgehead atoms. The molecule has 2 aromatic heterocycles. The number of nitrogens with zero attached hydrogens (tertiary/aromatic N) is 1. The van der Waals surface area contributed by atoms with Gasteiger partial charge in [0.25, 0.3) is 0 Å². The molecular formula is C24H21N3O4S. The number of ether oxygens (including phenoxy) is 1. The molecule has 0 spiro atoms. The zero-order valence-electron chi connectivity index (χ0n) is 17.5. The summed E-state index contributed by atoms with van der Waals surface area (Å²) in [6, 6.07) is 13.7. The van der Waals surface area contributed by atoms with E-state index in [0.29, 0.717) is 22.2 Å². The van der Waals surface area contributed by atoms with Crippen LogP contribution >= 0.6 is 11.3 Å². The van der Waals surface area contributed by atoms with Crippen molar-refractivity contribution in [1.29, 1.82) is 0 Å². The fourth-order valence-corrected chi connectivity index (χ4v) is 4.13. The predicted molar refractivity (Wildman–Crippen MR) is 125 cm³/mol. The van der Waals surface area contributed by atoms with E-state index in [-0.39, 0.29) is 12.3 Å². The number of aromatic nitrogens is 1. The number of carbonyl (C=O) groups excluding carboxylic acids is 2. The Morgan fingerprint density at radius 2 is 2.03 bits per heavy atom. The molecule has 0 saturated heterocycles. The molecule has 0 unspecified atom stereocenters. The summed E-state index contributed by atoms with van der Waals surface area (Å²) < 4.78 is 11.3. The fourth-order valence-electron chi connectivity index (χ4n) is 3.41. The topological polar surface area (TPSA) is 107 Å². The van der Waals surface area contributed by atoms with Gasteiger partial charge >= 0.3 is 0 Å². The molecule has 4 rings (SSSR count). The Bertz CT molecular complexity index is 1320. The Morgan fingerprint density at radius 1 is 1.25 bits per heavy atom. The maximum atomic E-state index is 12.6. The summed E-state index contributed by atoms with van der Waals surface area (Å²) >= 11 is 1.24. The highest BCUT2D eigenvalue weighted by Crippen LogP contribution is 2.37. The Labute approximate surface area is 188 Å². The van der Waals surface area contributed by atoms with Crippen molar-refractivity contribution in [2.24, 2.45) is 5.73 Å². The molecule has 2 amide bonds. The summed E-state index contributed by atoms with van der Waals surface area (Å²) in [5.41, 5.74) is 9.91. The minimum atomic E-state index is -0.472. The monoisotopic (exact) mass is 447 g/mol. The van der Waals surface area contributed by atoms with E-state index >= 15 is 0 Å². The molecule has 2 aromatic carbocycles.